The van der Waals surface area contributed by atoms with Crippen molar-refractivity contribution in [2.75, 3.05) is 0 Å². The lowest BCUT2D eigenvalue weighted by molar-refractivity contribution is -0.386. The maximum Gasteiger partial charge on any atom is 0.387 e. The highest BCUT2D eigenvalue weighted by molar-refractivity contribution is 6.31. The molecular weight excluding hydrogens is 239 g/mol. The van der Waals surface area contributed by atoms with Crippen molar-refractivity contribution >= 4 is 17.3 Å². The van der Waals surface area contributed by atoms with Crippen LogP contribution >= 0.6 is 11.6 Å². The fourth-order valence-corrected chi connectivity index (χ4v) is 1.01. The van der Waals surface area contributed by atoms with Gasteiger partial charge in [0.2, 0.25) is 5.75 Å². The average Bonchev–Trinajstić information content (AvgIpc) is 2.09. The number of nitro benzene ring substituents is 1. The van der Waals surface area contributed by atoms with Gasteiger partial charge in [-0.25, -0.2) is 4.39 Å². The monoisotopic (exact) mass is 241 g/mol. The van der Waals surface area contributed by atoms with Gasteiger partial charge in [0.05, 0.1) is 9.95 Å². The molecule has 0 saturated carbocycles. The summed E-state index contributed by atoms with van der Waals surface area (Å²) < 4.78 is 40.2. The fourth-order valence-electron chi connectivity index (χ4n) is 0.851. The van der Waals surface area contributed by atoms with Crippen LogP contribution in [0.4, 0.5) is 18.9 Å². The summed E-state index contributed by atoms with van der Waals surface area (Å²) in [5, 5.41) is 9.83. The summed E-state index contributed by atoms with van der Waals surface area (Å²) in [5.41, 5.74) is -0.818. The van der Waals surface area contributed by atoms with Crippen LogP contribution in [0.5, 0.6) is 5.75 Å². The lowest BCUT2D eigenvalue weighted by Crippen LogP contribution is -2.05. The summed E-state index contributed by atoms with van der Waals surface area (Å²) in [6.45, 7) is -3.27. The van der Waals surface area contributed by atoms with E-state index in [9.17, 15) is 23.3 Å². The topological polar surface area (TPSA) is 52.4 Å². The highest BCUT2D eigenvalue weighted by Gasteiger charge is 2.21. The third kappa shape index (κ3) is 2.72. The van der Waals surface area contributed by atoms with Crippen molar-refractivity contribution in [3.8, 4) is 5.75 Å². The molecule has 0 bridgehead atoms. The second kappa shape index (κ2) is 4.35. The van der Waals surface area contributed by atoms with Gasteiger partial charge in [0.25, 0.3) is 0 Å². The van der Waals surface area contributed by atoms with Crippen LogP contribution in [0, 0.1) is 15.9 Å². The van der Waals surface area contributed by atoms with Gasteiger partial charge < -0.3 is 4.74 Å². The zero-order chi connectivity index (χ0) is 11.6. The molecule has 1 aromatic carbocycles. The summed E-state index contributed by atoms with van der Waals surface area (Å²) >= 11 is 5.24. The molecule has 15 heavy (non-hydrogen) atoms. The predicted molar refractivity (Wildman–Crippen MR) is 44.7 cm³/mol. The second-order valence-corrected chi connectivity index (χ2v) is 2.78. The number of benzene rings is 1. The van der Waals surface area contributed by atoms with Gasteiger partial charge >= 0.3 is 12.3 Å². The Labute approximate surface area is 86.4 Å². The first-order valence-corrected chi connectivity index (χ1v) is 3.88. The second-order valence-electron chi connectivity index (χ2n) is 2.37. The number of hydrogen-bond acceptors (Lipinski definition) is 3. The van der Waals surface area contributed by atoms with E-state index in [0.29, 0.717) is 12.1 Å². The van der Waals surface area contributed by atoms with Gasteiger partial charge in [-0.3, -0.25) is 10.1 Å². The molecule has 1 aromatic rings. The number of halogens is 4. The Morgan fingerprint density at radius 3 is 2.53 bits per heavy atom. The minimum absolute atomic E-state index is 0.437. The summed E-state index contributed by atoms with van der Waals surface area (Å²) in [7, 11) is 0. The Hall–Kier alpha value is -1.50. The summed E-state index contributed by atoms with van der Waals surface area (Å²) in [4.78, 5) is 9.37. The van der Waals surface area contributed by atoms with E-state index in [0.717, 1.165) is 0 Å². The van der Waals surface area contributed by atoms with Gasteiger partial charge in [-0.1, -0.05) is 11.6 Å². The van der Waals surface area contributed by atoms with Crippen molar-refractivity contribution < 1.29 is 22.8 Å². The third-order valence-corrected chi connectivity index (χ3v) is 1.70. The van der Waals surface area contributed by atoms with Crippen LogP contribution in [0.25, 0.3) is 0 Å². The first kappa shape index (κ1) is 11.6. The first-order chi connectivity index (χ1) is 6.91. The molecule has 0 aliphatic heterocycles. The molecule has 0 atom stereocenters. The van der Waals surface area contributed by atoms with Crippen molar-refractivity contribution in [2.45, 2.75) is 6.61 Å². The van der Waals surface area contributed by atoms with Crippen LogP contribution in [0.1, 0.15) is 0 Å². The van der Waals surface area contributed by atoms with Gasteiger partial charge in [0.15, 0.2) is 0 Å². The predicted octanol–water partition coefficient (Wildman–Crippen LogP) is 2.99. The average molecular weight is 242 g/mol. The normalized spacial score (nSPS) is 10.5. The zero-order valence-electron chi connectivity index (χ0n) is 6.92. The lowest BCUT2D eigenvalue weighted by atomic mass is 10.3. The zero-order valence-corrected chi connectivity index (χ0v) is 7.67. The smallest absolute Gasteiger partial charge is 0.387 e. The molecule has 0 saturated heterocycles. The molecule has 0 amide bonds. The molecule has 1 rings (SSSR count). The number of hydrogen-bond donors (Lipinski definition) is 0. The molecular formula is C7H3ClF3NO3. The highest BCUT2D eigenvalue weighted by Crippen LogP contribution is 2.33. The Balaban J connectivity index is 3.22. The Morgan fingerprint density at radius 1 is 1.47 bits per heavy atom. The number of ether oxygens (including phenoxy) is 1. The quantitative estimate of drug-likeness (QED) is 0.604. The minimum atomic E-state index is -3.27. The molecule has 0 heterocycles. The maximum absolute atomic E-state index is 12.8. The van der Waals surface area contributed by atoms with Crippen molar-refractivity contribution in [1.29, 1.82) is 0 Å². The molecule has 0 radical (unpaired) electrons. The number of nitrogens with zero attached hydrogens (tertiary/aromatic N) is 1. The molecule has 0 N–H and O–H groups in total. The van der Waals surface area contributed by atoms with Crippen LogP contribution in [-0.2, 0) is 0 Å². The third-order valence-electron chi connectivity index (χ3n) is 1.41. The van der Waals surface area contributed by atoms with Crippen LogP contribution in [0.2, 0.25) is 5.02 Å². The molecule has 4 nitrogen and oxygen atoms in total. The van der Waals surface area contributed by atoms with Crippen LogP contribution < -0.4 is 4.74 Å². The van der Waals surface area contributed by atoms with E-state index in [1.807, 2.05) is 0 Å². The van der Waals surface area contributed by atoms with Gasteiger partial charge in [-0.2, -0.15) is 8.78 Å². The molecule has 82 valence electrons. The van der Waals surface area contributed by atoms with E-state index in [4.69, 9.17) is 11.6 Å². The fraction of sp³-hybridized carbons (Fsp3) is 0.143. The molecule has 0 spiro atoms. The molecule has 0 aliphatic rings. The number of rotatable bonds is 3. The molecule has 0 fully saturated rings. The highest BCUT2D eigenvalue weighted by atomic mass is 35.5. The standard InChI is InChI=1S/C7H3ClF3NO3/c8-3-1-5(12(13)14)6(2-4(3)9)15-7(10)11/h1-2,7H. The van der Waals surface area contributed by atoms with Gasteiger partial charge in [0.1, 0.15) is 5.82 Å². The molecule has 0 aliphatic carbocycles. The van der Waals surface area contributed by atoms with Crippen molar-refractivity contribution in [1.82, 2.24) is 0 Å². The summed E-state index contributed by atoms with van der Waals surface area (Å²) in [6.07, 6.45) is 0. The van der Waals surface area contributed by atoms with E-state index in [1.165, 1.54) is 0 Å². The molecule has 0 aromatic heterocycles. The molecule has 0 unspecified atom stereocenters. The Bertz CT molecular complexity index is 399. The number of alkyl halides is 2. The van der Waals surface area contributed by atoms with Crippen molar-refractivity contribution in [3.05, 3.63) is 33.1 Å². The molecule has 8 heteroatoms. The van der Waals surface area contributed by atoms with E-state index >= 15 is 0 Å². The van der Waals surface area contributed by atoms with Gasteiger partial charge in [-0.05, 0) is 0 Å². The maximum atomic E-state index is 12.8. The first-order valence-electron chi connectivity index (χ1n) is 3.50. The van der Waals surface area contributed by atoms with Crippen LogP contribution in [0.3, 0.4) is 0 Å². The van der Waals surface area contributed by atoms with Crippen molar-refractivity contribution in [2.24, 2.45) is 0 Å². The van der Waals surface area contributed by atoms with Gasteiger partial charge in [0, 0.05) is 12.1 Å². The Kier molecular flexibility index (Phi) is 3.35. The summed E-state index contributed by atoms with van der Waals surface area (Å²) in [5.74, 6) is -1.94. The van der Waals surface area contributed by atoms with Crippen LogP contribution in [0.15, 0.2) is 12.1 Å². The SMILES string of the molecule is O=[N+]([O-])c1cc(Cl)c(F)cc1OC(F)F. The van der Waals surface area contributed by atoms with Crippen LogP contribution in [-0.4, -0.2) is 11.5 Å². The Morgan fingerprint density at radius 2 is 2.07 bits per heavy atom. The largest absolute Gasteiger partial charge is 0.427 e. The van der Waals surface area contributed by atoms with Gasteiger partial charge in [-0.15, -0.1) is 0 Å². The van der Waals surface area contributed by atoms with E-state index < -0.39 is 33.8 Å². The van der Waals surface area contributed by atoms with E-state index in [2.05, 4.69) is 4.74 Å². The van der Waals surface area contributed by atoms with Crippen molar-refractivity contribution in [3.63, 3.8) is 0 Å². The van der Waals surface area contributed by atoms with E-state index in [-0.39, 0.29) is 0 Å². The minimum Gasteiger partial charge on any atom is -0.427 e. The number of nitro groups is 1. The summed E-state index contributed by atoms with van der Waals surface area (Å²) in [6, 6.07) is 1.04. The lowest BCUT2D eigenvalue weighted by Gasteiger charge is -2.05. The van der Waals surface area contributed by atoms with E-state index in [1.54, 1.807) is 0 Å².